The van der Waals surface area contributed by atoms with Gasteiger partial charge in [-0.2, -0.15) is 5.10 Å². The molecule has 0 fully saturated rings. The molecule has 148 valence electrons. The number of rotatable bonds is 4. The summed E-state index contributed by atoms with van der Waals surface area (Å²) >= 11 is 12.0. The van der Waals surface area contributed by atoms with E-state index >= 15 is 0 Å². The molecule has 29 heavy (non-hydrogen) atoms. The van der Waals surface area contributed by atoms with Crippen LogP contribution in [0, 0.1) is 0 Å². The Bertz CT molecular complexity index is 1200. The molecule has 9 heteroatoms. The van der Waals surface area contributed by atoms with E-state index in [0.717, 1.165) is 22.2 Å². The van der Waals surface area contributed by atoms with Crippen LogP contribution < -0.4 is 10.1 Å². The lowest BCUT2D eigenvalue weighted by Gasteiger charge is -2.24. The number of aromatic amines is 1. The van der Waals surface area contributed by atoms with Crippen LogP contribution in [-0.4, -0.2) is 26.8 Å². The standard InChI is InChI=1S/C20H16Cl2N4O3/c21-13-3-1-10(5-14(13)22)28-9-11-2-4-17(29-11)18-12-6-24-26-20(12)25-15-7-23-8-16(27)19(15)18/h1-6,16,23,27H,7-9H2,(H,24,25,26). The SMILES string of the molecule is OC1CNCc2nc3[nH]ncc3c(-c3ccc(COc4ccc(Cl)c(Cl)c4)o3)c21. The predicted octanol–water partition coefficient (Wildman–Crippen LogP) is 4.24. The van der Waals surface area contributed by atoms with Gasteiger partial charge in [0.2, 0.25) is 0 Å². The summed E-state index contributed by atoms with van der Waals surface area (Å²) in [6, 6.07) is 8.80. The Morgan fingerprint density at radius 2 is 2.10 bits per heavy atom. The van der Waals surface area contributed by atoms with Gasteiger partial charge in [0.25, 0.3) is 0 Å². The van der Waals surface area contributed by atoms with E-state index in [1.807, 2.05) is 12.1 Å². The first-order valence-corrected chi connectivity index (χ1v) is 9.77. The number of nitrogens with one attached hydrogen (secondary N) is 2. The molecule has 0 saturated heterocycles. The summed E-state index contributed by atoms with van der Waals surface area (Å²) in [7, 11) is 0. The molecule has 0 radical (unpaired) electrons. The zero-order valence-electron chi connectivity index (χ0n) is 15.1. The first-order valence-electron chi connectivity index (χ1n) is 9.01. The van der Waals surface area contributed by atoms with Crippen LogP contribution in [0.25, 0.3) is 22.4 Å². The van der Waals surface area contributed by atoms with Crippen LogP contribution in [0.2, 0.25) is 10.0 Å². The van der Waals surface area contributed by atoms with Gasteiger partial charge < -0.3 is 19.6 Å². The molecule has 0 spiro atoms. The zero-order chi connectivity index (χ0) is 20.0. The van der Waals surface area contributed by atoms with E-state index in [1.54, 1.807) is 24.4 Å². The Hall–Kier alpha value is -2.58. The molecule has 4 aromatic rings. The molecular weight excluding hydrogens is 415 g/mol. The quantitative estimate of drug-likeness (QED) is 0.447. The lowest BCUT2D eigenvalue weighted by Crippen LogP contribution is -2.29. The van der Waals surface area contributed by atoms with Crippen LogP contribution in [0.1, 0.15) is 23.1 Å². The van der Waals surface area contributed by atoms with Crippen molar-refractivity contribution in [2.45, 2.75) is 19.3 Å². The minimum Gasteiger partial charge on any atom is -0.486 e. The van der Waals surface area contributed by atoms with Gasteiger partial charge in [-0.1, -0.05) is 23.2 Å². The van der Waals surface area contributed by atoms with Gasteiger partial charge in [-0.05, 0) is 24.3 Å². The van der Waals surface area contributed by atoms with E-state index in [2.05, 4.69) is 20.5 Å². The van der Waals surface area contributed by atoms with E-state index in [1.165, 1.54) is 0 Å². The molecule has 1 aliphatic heterocycles. The molecule has 0 amide bonds. The van der Waals surface area contributed by atoms with E-state index < -0.39 is 6.10 Å². The number of benzene rings is 1. The second-order valence-electron chi connectivity index (χ2n) is 6.76. The van der Waals surface area contributed by atoms with Crippen LogP contribution in [-0.2, 0) is 13.2 Å². The average molecular weight is 431 g/mol. The minimum absolute atomic E-state index is 0.226. The van der Waals surface area contributed by atoms with Gasteiger partial charge in [-0.25, -0.2) is 4.98 Å². The number of β-amino-alcohol motifs (C(OH)–C–C–N with tert-alkyl or cyclic N) is 1. The number of aliphatic hydroxyl groups is 1. The molecule has 4 heterocycles. The van der Waals surface area contributed by atoms with Crippen molar-refractivity contribution in [3.05, 3.63) is 63.6 Å². The van der Waals surface area contributed by atoms with Crippen LogP contribution in [0.4, 0.5) is 0 Å². The van der Waals surface area contributed by atoms with Gasteiger partial charge in [0.1, 0.15) is 23.9 Å². The molecular formula is C20H16Cl2N4O3. The highest BCUT2D eigenvalue weighted by atomic mass is 35.5. The number of pyridine rings is 1. The summed E-state index contributed by atoms with van der Waals surface area (Å²) in [5.41, 5.74) is 3.00. The fourth-order valence-corrected chi connectivity index (χ4v) is 3.82. The smallest absolute Gasteiger partial charge is 0.156 e. The van der Waals surface area contributed by atoms with Crippen LogP contribution in [0.3, 0.4) is 0 Å². The monoisotopic (exact) mass is 430 g/mol. The maximum absolute atomic E-state index is 10.6. The molecule has 3 N–H and O–H groups in total. The molecule has 0 saturated carbocycles. The Balaban J connectivity index is 1.49. The number of fused-ring (bicyclic) bond motifs is 2. The zero-order valence-corrected chi connectivity index (χ0v) is 16.6. The molecule has 1 atom stereocenters. The van der Waals surface area contributed by atoms with Crippen molar-refractivity contribution in [1.29, 1.82) is 0 Å². The molecule has 0 aliphatic carbocycles. The van der Waals surface area contributed by atoms with Crippen molar-refractivity contribution in [3.8, 4) is 17.1 Å². The lowest BCUT2D eigenvalue weighted by atomic mass is 9.94. The number of aliphatic hydroxyl groups excluding tert-OH is 1. The van der Waals surface area contributed by atoms with Crippen molar-refractivity contribution < 1.29 is 14.3 Å². The highest BCUT2D eigenvalue weighted by Gasteiger charge is 2.27. The summed E-state index contributed by atoms with van der Waals surface area (Å²) in [6.07, 6.45) is 1.02. The number of ether oxygens (including phenoxy) is 1. The summed E-state index contributed by atoms with van der Waals surface area (Å²) < 4.78 is 11.8. The van der Waals surface area contributed by atoms with Gasteiger partial charge in [0.15, 0.2) is 5.65 Å². The highest BCUT2D eigenvalue weighted by molar-refractivity contribution is 6.42. The van der Waals surface area contributed by atoms with E-state index in [9.17, 15) is 5.11 Å². The maximum Gasteiger partial charge on any atom is 0.156 e. The van der Waals surface area contributed by atoms with E-state index in [4.69, 9.17) is 32.4 Å². The van der Waals surface area contributed by atoms with Crippen molar-refractivity contribution in [2.75, 3.05) is 6.54 Å². The Morgan fingerprint density at radius 3 is 2.97 bits per heavy atom. The third kappa shape index (κ3) is 3.36. The third-order valence-corrected chi connectivity index (χ3v) is 5.60. The first-order chi connectivity index (χ1) is 14.1. The summed E-state index contributed by atoms with van der Waals surface area (Å²) in [5.74, 6) is 1.86. The molecule has 5 rings (SSSR count). The number of H-pyrrole nitrogens is 1. The van der Waals surface area contributed by atoms with Gasteiger partial charge in [-0.3, -0.25) is 5.10 Å². The molecule has 7 nitrogen and oxygen atoms in total. The maximum atomic E-state index is 10.6. The van der Waals surface area contributed by atoms with Gasteiger partial charge >= 0.3 is 0 Å². The van der Waals surface area contributed by atoms with Crippen LogP contribution >= 0.6 is 23.2 Å². The largest absolute Gasteiger partial charge is 0.486 e. The number of nitrogens with zero attached hydrogens (tertiary/aromatic N) is 2. The number of aromatic nitrogens is 3. The fourth-order valence-electron chi connectivity index (χ4n) is 3.53. The van der Waals surface area contributed by atoms with Crippen LogP contribution in [0.5, 0.6) is 5.75 Å². The molecule has 3 aromatic heterocycles. The van der Waals surface area contributed by atoms with Gasteiger partial charge in [0.05, 0.1) is 33.4 Å². The minimum atomic E-state index is -0.679. The summed E-state index contributed by atoms with van der Waals surface area (Å²) in [6.45, 7) is 1.26. The Kier molecular flexibility index (Phi) is 4.67. The molecule has 1 unspecified atom stereocenters. The van der Waals surface area contributed by atoms with Crippen LogP contribution in [0.15, 0.2) is 40.9 Å². The number of hydrogen-bond acceptors (Lipinski definition) is 6. The van der Waals surface area contributed by atoms with Gasteiger partial charge in [-0.15, -0.1) is 0 Å². The third-order valence-electron chi connectivity index (χ3n) is 4.86. The normalized spacial score (nSPS) is 16.2. The second kappa shape index (κ2) is 7.35. The topological polar surface area (TPSA) is 96.2 Å². The van der Waals surface area contributed by atoms with Crippen molar-refractivity contribution in [1.82, 2.24) is 20.5 Å². The molecule has 1 aliphatic rings. The Morgan fingerprint density at radius 1 is 1.21 bits per heavy atom. The lowest BCUT2D eigenvalue weighted by molar-refractivity contribution is 0.164. The molecule has 1 aromatic carbocycles. The number of furan rings is 1. The van der Waals surface area contributed by atoms with Gasteiger partial charge in [0, 0.05) is 30.3 Å². The predicted molar refractivity (Wildman–Crippen MR) is 109 cm³/mol. The average Bonchev–Trinajstić information content (AvgIpc) is 3.37. The highest BCUT2D eigenvalue weighted by Crippen LogP contribution is 2.38. The summed E-state index contributed by atoms with van der Waals surface area (Å²) in [4.78, 5) is 4.58. The number of halogens is 2. The first kappa shape index (κ1) is 18.4. The summed E-state index contributed by atoms with van der Waals surface area (Å²) in [5, 5.41) is 22.4. The van der Waals surface area contributed by atoms with Crippen molar-refractivity contribution in [2.24, 2.45) is 0 Å². The van der Waals surface area contributed by atoms with Crippen molar-refractivity contribution >= 4 is 34.2 Å². The number of hydrogen-bond donors (Lipinski definition) is 3. The van der Waals surface area contributed by atoms with Crippen molar-refractivity contribution in [3.63, 3.8) is 0 Å². The fraction of sp³-hybridized carbons (Fsp3) is 0.200. The second-order valence-corrected chi connectivity index (χ2v) is 7.57. The Labute approximate surface area is 175 Å². The van der Waals surface area contributed by atoms with E-state index in [-0.39, 0.29) is 6.61 Å². The van der Waals surface area contributed by atoms with E-state index in [0.29, 0.717) is 46.1 Å². The molecule has 0 bridgehead atoms.